The molecule has 0 aromatic heterocycles. The first kappa shape index (κ1) is 11.0. The van der Waals surface area contributed by atoms with Crippen LogP contribution in [0.15, 0.2) is 0 Å². The van der Waals surface area contributed by atoms with Gasteiger partial charge in [0, 0.05) is 19.6 Å². The normalized spacial score (nSPS) is 24.9. The van der Waals surface area contributed by atoms with Gasteiger partial charge in [-0.3, -0.25) is 0 Å². The Kier molecular flexibility index (Phi) is 4.16. The molecule has 2 N–H and O–H groups in total. The van der Waals surface area contributed by atoms with Gasteiger partial charge in [0.1, 0.15) is 0 Å². The van der Waals surface area contributed by atoms with E-state index in [9.17, 15) is 0 Å². The molecule has 0 unspecified atom stereocenters. The van der Waals surface area contributed by atoms with Gasteiger partial charge in [0.2, 0.25) is 0 Å². The second kappa shape index (κ2) is 4.94. The number of ether oxygens (including phenoxy) is 1. The van der Waals surface area contributed by atoms with Crippen LogP contribution in [0.4, 0.5) is 0 Å². The molecule has 13 heavy (non-hydrogen) atoms. The highest BCUT2D eigenvalue weighted by Gasteiger charge is 2.38. The van der Waals surface area contributed by atoms with E-state index in [1.54, 1.807) is 0 Å². The first-order valence-corrected chi connectivity index (χ1v) is 5.18. The van der Waals surface area contributed by atoms with E-state index in [4.69, 9.17) is 4.74 Å². The number of hydrogen-bond acceptors (Lipinski definition) is 3. The van der Waals surface area contributed by atoms with E-state index in [1.807, 2.05) is 0 Å². The molecule has 0 aliphatic carbocycles. The van der Waals surface area contributed by atoms with Crippen molar-refractivity contribution >= 4 is 0 Å². The first-order chi connectivity index (χ1) is 6.15. The van der Waals surface area contributed by atoms with Crippen LogP contribution in [0, 0.1) is 5.92 Å². The van der Waals surface area contributed by atoms with Crippen molar-refractivity contribution in [2.45, 2.75) is 26.3 Å². The Balaban J connectivity index is 0.000000184. The monoisotopic (exact) mass is 186 g/mol. The maximum absolute atomic E-state index is 5.11. The summed E-state index contributed by atoms with van der Waals surface area (Å²) in [6.07, 6.45) is 0. The van der Waals surface area contributed by atoms with Crippen molar-refractivity contribution in [3.05, 3.63) is 0 Å². The van der Waals surface area contributed by atoms with Gasteiger partial charge < -0.3 is 15.4 Å². The lowest BCUT2D eigenvalue weighted by Crippen LogP contribution is -2.69. The Hall–Kier alpha value is -0.120. The van der Waals surface area contributed by atoms with Crippen molar-refractivity contribution in [3.8, 4) is 0 Å². The fourth-order valence-electron chi connectivity index (χ4n) is 1.36. The van der Waals surface area contributed by atoms with E-state index in [1.165, 1.54) is 0 Å². The topological polar surface area (TPSA) is 33.3 Å². The Labute approximate surface area is 81.2 Å². The highest BCUT2D eigenvalue weighted by Crippen LogP contribution is 2.16. The zero-order chi connectivity index (χ0) is 9.73. The van der Waals surface area contributed by atoms with Crippen molar-refractivity contribution in [2.75, 3.05) is 32.8 Å². The summed E-state index contributed by atoms with van der Waals surface area (Å²) in [5, 5.41) is 6.78. The van der Waals surface area contributed by atoms with E-state index in [-0.39, 0.29) is 0 Å². The average Bonchev–Trinajstić information content (AvgIpc) is 2.02. The first-order valence-electron chi connectivity index (χ1n) is 5.18. The van der Waals surface area contributed by atoms with E-state index >= 15 is 0 Å². The third kappa shape index (κ3) is 3.63. The van der Waals surface area contributed by atoms with E-state index in [0.29, 0.717) is 5.54 Å². The van der Waals surface area contributed by atoms with Crippen molar-refractivity contribution in [3.63, 3.8) is 0 Å². The van der Waals surface area contributed by atoms with E-state index in [0.717, 1.165) is 38.8 Å². The molecule has 0 saturated carbocycles. The summed E-state index contributed by atoms with van der Waals surface area (Å²) in [5.41, 5.74) is 0.318. The molecular weight excluding hydrogens is 164 g/mol. The SMILES string of the molecule is C1CNC2(CN1)COC2.CC(C)C. The largest absolute Gasteiger partial charge is 0.377 e. The average molecular weight is 186 g/mol. The molecule has 0 aromatic rings. The second-order valence-electron chi connectivity index (χ2n) is 4.61. The molecule has 0 radical (unpaired) electrons. The molecule has 1 spiro atoms. The quantitative estimate of drug-likeness (QED) is 0.581. The van der Waals surface area contributed by atoms with Gasteiger partial charge >= 0.3 is 0 Å². The summed E-state index contributed by atoms with van der Waals surface area (Å²) >= 11 is 0. The second-order valence-corrected chi connectivity index (χ2v) is 4.61. The van der Waals surface area contributed by atoms with Crippen LogP contribution < -0.4 is 10.6 Å². The van der Waals surface area contributed by atoms with Crippen LogP contribution in [-0.4, -0.2) is 38.4 Å². The molecule has 2 aliphatic rings. The molecule has 2 rings (SSSR count). The summed E-state index contributed by atoms with van der Waals surface area (Å²) in [6.45, 7) is 11.5. The van der Waals surface area contributed by atoms with Crippen molar-refractivity contribution in [1.29, 1.82) is 0 Å². The minimum absolute atomic E-state index is 0.318. The summed E-state index contributed by atoms with van der Waals surface area (Å²) < 4.78 is 5.11. The number of nitrogens with one attached hydrogen (secondary N) is 2. The number of piperazine rings is 1. The lowest BCUT2D eigenvalue weighted by molar-refractivity contribution is -0.0787. The molecule has 0 aromatic carbocycles. The van der Waals surface area contributed by atoms with Gasteiger partial charge in [0.15, 0.2) is 0 Å². The van der Waals surface area contributed by atoms with Crippen LogP contribution in [0.25, 0.3) is 0 Å². The van der Waals surface area contributed by atoms with Gasteiger partial charge in [0.25, 0.3) is 0 Å². The van der Waals surface area contributed by atoms with Gasteiger partial charge in [-0.05, 0) is 5.92 Å². The Morgan fingerprint density at radius 3 is 2.00 bits per heavy atom. The highest BCUT2D eigenvalue weighted by molar-refractivity contribution is 4.98. The lowest BCUT2D eigenvalue weighted by Gasteiger charge is -2.45. The van der Waals surface area contributed by atoms with Crippen LogP contribution in [0.2, 0.25) is 0 Å². The summed E-state index contributed by atoms with van der Waals surface area (Å²) in [5.74, 6) is 0.833. The molecular formula is C10H22N2O. The molecule has 0 atom stereocenters. The number of hydrogen-bond donors (Lipinski definition) is 2. The summed E-state index contributed by atoms with van der Waals surface area (Å²) in [6, 6.07) is 0. The van der Waals surface area contributed by atoms with Crippen LogP contribution in [0.1, 0.15) is 20.8 Å². The zero-order valence-electron chi connectivity index (χ0n) is 9.02. The fraction of sp³-hybridized carbons (Fsp3) is 1.00. The predicted octanol–water partition coefficient (Wildman–Crippen LogP) is 0.610. The predicted molar refractivity (Wildman–Crippen MR) is 54.9 cm³/mol. The Morgan fingerprint density at radius 2 is 1.77 bits per heavy atom. The third-order valence-corrected chi connectivity index (χ3v) is 2.02. The maximum Gasteiger partial charge on any atom is 0.0780 e. The molecule has 3 nitrogen and oxygen atoms in total. The Morgan fingerprint density at radius 1 is 1.15 bits per heavy atom. The molecule has 0 amide bonds. The zero-order valence-corrected chi connectivity index (χ0v) is 9.02. The minimum atomic E-state index is 0.318. The smallest absolute Gasteiger partial charge is 0.0780 e. The molecule has 0 bridgehead atoms. The number of rotatable bonds is 0. The molecule has 2 saturated heterocycles. The molecule has 3 heteroatoms. The molecule has 2 heterocycles. The highest BCUT2D eigenvalue weighted by atomic mass is 16.5. The Bertz CT molecular complexity index is 133. The van der Waals surface area contributed by atoms with Gasteiger partial charge in [0.05, 0.1) is 18.8 Å². The van der Waals surface area contributed by atoms with Crippen molar-refractivity contribution in [1.82, 2.24) is 10.6 Å². The van der Waals surface area contributed by atoms with Gasteiger partial charge in [-0.1, -0.05) is 20.8 Å². The molecule has 2 aliphatic heterocycles. The third-order valence-electron chi connectivity index (χ3n) is 2.02. The fourth-order valence-corrected chi connectivity index (χ4v) is 1.36. The van der Waals surface area contributed by atoms with Crippen LogP contribution in [-0.2, 0) is 4.74 Å². The molecule has 2 fully saturated rings. The van der Waals surface area contributed by atoms with Crippen LogP contribution in [0.5, 0.6) is 0 Å². The van der Waals surface area contributed by atoms with Crippen molar-refractivity contribution in [2.24, 2.45) is 5.92 Å². The summed E-state index contributed by atoms with van der Waals surface area (Å²) in [4.78, 5) is 0. The minimum Gasteiger partial charge on any atom is -0.377 e. The van der Waals surface area contributed by atoms with Crippen molar-refractivity contribution < 1.29 is 4.74 Å². The molecule has 78 valence electrons. The standard InChI is InChI=1S/C6H12N2O.C4H10/c1-2-8-6(3-7-1)4-9-5-6;1-4(2)3/h7-8H,1-5H2;4H,1-3H3. The van der Waals surface area contributed by atoms with Crippen LogP contribution >= 0.6 is 0 Å². The van der Waals surface area contributed by atoms with E-state index in [2.05, 4.69) is 31.4 Å². The van der Waals surface area contributed by atoms with Gasteiger partial charge in [-0.2, -0.15) is 0 Å². The maximum atomic E-state index is 5.11. The lowest BCUT2D eigenvalue weighted by atomic mass is 9.96. The van der Waals surface area contributed by atoms with Crippen LogP contribution in [0.3, 0.4) is 0 Å². The summed E-state index contributed by atoms with van der Waals surface area (Å²) in [7, 11) is 0. The van der Waals surface area contributed by atoms with Gasteiger partial charge in [-0.15, -0.1) is 0 Å². The van der Waals surface area contributed by atoms with Gasteiger partial charge in [-0.25, -0.2) is 0 Å². The van der Waals surface area contributed by atoms with E-state index < -0.39 is 0 Å².